The quantitative estimate of drug-likeness (QED) is 0.922. The second-order valence-electron chi connectivity index (χ2n) is 4.35. The van der Waals surface area contributed by atoms with E-state index in [4.69, 9.17) is 0 Å². The maximum atomic E-state index is 11.5. The van der Waals surface area contributed by atoms with Crippen LogP contribution in [0.5, 0.6) is 0 Å². The summed E-state index contributed by atoms with van der Waals surface area (Å²) in [6, 6.07) is 5.05. The van der Waals surface area contributed by atoms with Gasteiger partial charge in [0.05, 0.1) is 4.90 Å². The molecule has 0 fully saturated rings. The van der Waals surface area contributed by atoms with Crippen LogP contribution < -0.4 is 5.32 Å². The second-order valence-corrected chi connectivity index (χ2v) is 6.36. The molecule has 2 aromatic rings. The Morgan fingerprint density at radius 2 is 1.89 bits per heavy atom. The van der Waals surface area contributed by atoms with E-state index in [-0.39, 0.29) is 0 Å². The van der Waals surface area contributed by atoms with E-state index in [1.165, 1.54) is 12.6 Å². The zero-order chi connectivity index (χ0) is 13.9. The first kappa shape index (κ1) is 13.5. The lowest BCUT2D eigenvalue weighted by molar-refractivity contribution is 0.602. The van der Waals surface area contributed by atoms with Crippen LogP contribution in [-0.4, -0.2) is 24.6 Å². The Morgan fingerprint density at radius 3 is 2.53 bits per heavy atom. The largest absolute Gasteiger partial charge is 0.381 e. The Kier molecular flexibility index (Phi) is 3.80. The Morgan fingerprint density at radius 1 is 1.21 bits per heavy atom. The summed E-state index contributed by atoms with van der Waals surface area (Å²) in [5, 5.41) is 3.20. The predicted octanol–water partition coefficient (Wildman–Crippen LogP) is 1.80. The summed E-state index contributed by atoms with van der Waals surface area (Å²) in [5.74, 6) is 0. The Balaban J connectivity index is 2.21. The van der Waals surface area contributed by atoms with Crippen molar-refractivity contribution in [2.24, 2.45) is 0 Å². The molecule has 2 rings (SSSR count). The molecule has 1 N–H and O–H groups in total. The van der Waals surface area contributed by atoms with Gasteiger partial charge in [0.25, 0.3) is 0 Å². The van der Waals surface area contributed by atoms with Crippen molar-refractivity contribution in [1.29, 1.82) is 0 Å². The third-order valence-electron chi connectivity index (χ3n) is 2.73. The monoisotopic (exact) mass is 277 g/mol. The van der Waals surface area contributed by atoms with E-state index in [2.05, 4.69) is 15.3 Å². The summed E-state index contributed by atoms with van der Waals surface area (Å²) in [6.07, 6.45) is 6.11. The summed E-state index contributed by atoms with van der Waals surface area (Å²) >= 11 is 0. The smallest absolute Gasteiger partial charge is 0.175 e. The standard InChI is InChI=1S/C13H15N3O2S/c1-10-3-4-12(19(2,17)18)5-13(10)16-8-11-6-14-9-15-7-11/h3-7,9,16H,8H2,1-2H3. The van der Waals surface area contributed by atoms with Crippen LogP contribution in [-0.2, 0) is 16.4 Å². The zero-order valence-electron chi connectivity index (χ0n) is 10.8. The Hall–Kier alpha value is -1.95. The molecule has 0 unspecified atom stereocenters. The van der Waals surface area contributed by atoms with Crippen LogP contribution >= 0.6 is 0 Å². The van der Waals surface area contributed by atoms with E-state index in [9.17, 15) is 8.42 Å². The Labute approximate surface area is 112 Å². The van der Waals surface area contributed by atoms with Gasteiger partial charge >= 0.3 is 0 Å². The minimum atomic E-state index is -3.19. The summed E-state index contributed by atoms with van der Waals surface area (Å²) in [5.41, 5.74) is 2.72. The number of aromatic nitrogens is 2. The van der Waals surface area contributed by atoms with Crippen LogP contribution in [0.4, 0.5) is 5.69 Å². The second kappa shape index (κ2) is 5.36. The number of nitrogens with one attached hydrogen (secondary N) is 1. The lowest BCUT2D eigenvalue weighted by Crippen LogP contribution is -2.04. The van der Waals surface area contributed by atoms with Crippen molar-refractivity contribution >= 4 is 15.5 Å². The molecule has 0 aliphatic rings. The number of nitrogens with zero attached hydrogens (tertiary/aromatic N) is 2. The van der Waals surface area contributed by atoms with Crippen LogP contribution in [0.1, 0.15) is 11.1 Å². The van der Waals surface area contributed by atoms with E-state index >= 15 is 0 Å². The lowest BCUT2D eigenvalue weighted by Gasteiger charge is -2.10. The predicted molar refractivity (Wildman–Crippen MR) is 73.6 cm³/mol. The summed E-state index contributed by atoms with van der Waals surface area (Å²) in [7, 11) is -3.19. The van der Waals surface area contributed by atoms with Crippen molar-refractivity contribution in [3.8, 4) is 0 Å². The molecular formula is C13H15N3O2S. The van der Waals surface area contributed by atoms with Gasteiger partial charge in [0, 0.05) is 36.4 Å². The van der Waals surface area contributed by atoms with Crippen LogP contribution in [0.15, 0.2) is 41.8 Å². The van der Waals surface area contributed by atoms with Gasteiger partial charge in [-0.25, -0.2) is 18.4 Å². The number of hydrogen-bond acceptors (Lipinski definition) is 5. The van der Waals surface area contributed by atoms with Gasteiger partial charge in [0.2, 0.25) is 0 Å². The molecule has 0 amide bonds. The van der Waals surface area contributed by atoms with E-state index < -0.39 is 9.84 Å². The number of aryl methyl sites for hydroxylation is 1. The third kappa shape index (κ3) is 3.51. The molecule has 100 valence electrons. The molecule has 0 bridgehead atoms. The Bertz CT molecular complexity index is 670. The van der Waals surface area contributed by atoms with Crippen LogP contribution in [0.3, 0.4) is 0 Å². The van der Waals surface area contributed by atoms with E-state index in [1.54, 1.807) is 30.6 Å². The highest BCUT2D eigenvalue weighted by atomic mass is 32.2. The highest BCUT2D eigenvalue weighted by Gasteiger charge is 2.09. The highest BCUT2D eigenvalue weighted by Crippen LogP contribution is 2.20. The van der Waals surface area contributed by atoms with Gasteiger partial charge in [-0.05, 0) is 24.6 Å². The van der Waals surface area contributed by atoms with Crippen molar-refractivity contribution in [2.45, 2.75) is 18.4 Å². The topological polar surface area (TPSA) is 72.0 Å². The minimum absolute atomic E-state index is 0.310. The van der Waals surface area contributed by atoms with E-state index in [0.29, 0.717) is 11.4 Å². The number of hydrogen-bond donors (Lipinski definition) is 1. The maximum Gasteiger partial charge on any atom is 0.175 e. The third-order valence-corrected chi connectivity index (χ3v) is 3.84. The number of benzene rings is 1. The van der Waals surface area contributed by atoms with Gasteiger partial charge in [0.1, 0.15) is 6.33 Å². The number of anilines is 1. The van der Waals surface area contributed by atoms with Crippen LogP contribution in [0.2, 0.25) is 0 Å². The summed E-state index contributed by atoms with van der Waals surface area (Å²) < 4.78 is 23.0. The molecule has 0 radical (unpaired) electrons. The number of sulfone groups is 1. The molecule has 5 nitrogen and oxygen atoms in total. The van der Waals surface area contributed by atoms with Crippen LogP contribution in [0.25, 0.3) is 0 Å². The van der Waals surface area contributed by atoms with Crippen molar-refractivity contribution in [3.05, 3.63) is 48.0 Å². The van der Waals surface area contributed by atoms with Crippen LogP contribution in [0, 0.1) is 6.92 Å². The first-order chi connectivity index (χ1) is 8.97. The maximum absolute atomic E-state index is 11.5. The molecule has 0 saturated carbocycles. The van der Waals surface area contributed by atoms with Gasteiger partial charge in [-0.2, -0.15) is 0 Å². The molecule has 0 aliphatic heterocycles. The van der Waals surface area contributed by atoms with Crippen molar-refractivity contribution in [1.82, 2.24) is 9.97 Å². The molecule has 1 aromatic heterocycles. The average molecular weight is 277 g/mol. The molecular weight excluding hydrogens is 262 g/mol. The fourth-order valence-electron chi connectivity index (χ4n) is 1.64. The lowest BCUT2D eigenvalue weighted by atomic mass is 10.2. The molecule has 0 saturated heterocycles. The van der Waals surface area contributed by atoms with Crippen molar-refractivity contribution in [2.75, 3.05) is 11.6 Å². The number of rotatable bonds is 4. The van der Waals surface area contributed by atoms with E-state index in [0.717, 1.165) is 16.8 Å². The molecule has 1 heterocycles. The molecule has 0 atom stereocenters. The van der Waals surface area contributed by atoms with E-state index in [1.807, 2.05) is 6.92 Å². The molecule has 6 heteroatoms. The van der Waals surface area contributed by atoms with Gasteiger partial charge in [-0.3, -0.25) is 0 Å². The van der Waals surface area contributed by atoms with Gasteiger partial charge in [-0.1, -0.05) is 6.07 Å². The summed E-state index contributed by atoms with van der Waals surface area (Å²) in [4.78, 5) is 8.17. The van der Waals surface area contributed by atoms with Gasteiger partial charge in [0.15, 0.2) is 9.84 Å². The van der Waals surface area contributed by atoms with Crippen molar-refractivity contribution < 1.29 is 8.42 Å². The summed E-state index contributed by atoms with van der Waals surface area (Å²) in [6.45, 7) is 2.48. The highest BCUT2D eigenvalue weighted by molar-refractivity contribution is 7.90. The van der Waals surface area contributed by atoms with Gasteiger partial charge < -0.3 is 5.32 Å². The fraction of sp³-hybridized carbons (Fsp3) is 0.231. The molecule has 0 aliphatic carbocycles. The van der Waals surface area contributed by atoms with Crippen molar-refractivity contribution in [3.63, 3.8) is 0 Å². The first-order valence-corrected chi connectivity index (χ1v) is 7.64. The first-order valence-electron chi connectivity index (χ1n) is 5.75. The molecule has 0 spiro atoms. The van der Waals surface area contributed by atoms with Gasteiger partial charge in [-0.15, -0.1) is 0 Å². The minimum Gasteiger partial charge on any atom is -0.381 e. The normalized spacial score (nSPS) is 11.3. The molecule has 19 heavy (non-hydrogen) atoms. The zero-order valence-corrected chi connectivity index (χ0v) is 11.6. The fourth-order valence-corrected chi connectivity index (χ4v) is 2.29. The molecule has 1 aromatic carbocycles. The average Bonchev–Trinajstić information content (AvgIpc) is 2.37. The SMILES string of the molecule is Cc1ccc(S(C)(=O)=O)cc1NCc1cncnc1.